The van der Waals surface area contributed by atoms with Gasteiger partial charge in [0.1, 0.15) is 0 Å². The van der Waals surface area contributed by atoms with Crippen molar-refractivity contribution in [3.63, 3.8) is 0 Å². The number of hydrogen-bond donors (Lipinski definition) is 1. The summed E-state index contributed by atoms with van der Waals surface area (Å²) in [6, 6.07) is 4.03. The maximum absolute atomic E-state index is 4.48. The molecule has 0 aliphatic rings. The number of imidazole rings is 1. The Hall–Kier alpha value is -1.84. The van der Waals surface area contributed by atoms with E-state index in [1.165, 1.54) is 5.56 Å². The summed E-state index contributed by atoms with van der Waals surface area (Å²) in [5, 5.41) is 3.34. The van der Waals surface area contributed by atoms with E-state index >= 15 is 0 Å². The molecule has 0 saturated heterocycles. The SMILES string of the molecule is CCCNc1nc(C)cn1Cc1cccnc1. The highest BCUT2D eigenvalue weighted by atomic mass is 15.2. The number of nitrogens with zero attached hydrogens (tertiary/aromatic N) is 3. The first kappa shape index (κ1) is 11.6. The average Bonchev–Trinajstić information content (AvgIpc) is 2.68. The molecule has 2 aromatic heterocycles. The molecule has 0 bridgehead atoms. The Kier molecular flexibility index (Phi) is 3.75. The number of nitrogens with one attached hydrogen (secondary N) is 1. The van der Waals surface area contributed by atoms with Gasteiger partial charge in [-0.2, -0.15) is 0 Å². The van der Waals surface area contributed by atoms with Gasteiger partial charge in [-0.25, -0.2) is 4.98 Å². The van der Waals surface area contributed by atoms with Crippen LogP contribution in [0.1, 0.15) is 24.6 Å². The first-order chi connectivity index (χ1) is 8.29. The fourth-order valence-electron chi connectivity index (χ4n) is 1.73. The Morgan fingerprint density at radius 2 is 2.29 bits per heavy atom. The minimum absolute atomic E-state index is 0.806. The van der Waals surface area contributed by atoms with Crippen LogP contribution in [0.5, 0.6) is 0 Å². The fourth-order valence-corrected chi connectivity index (χ4v) is 1.73. The van der Waals surface area contributed by atoms with E-state index in [1.54, 1.807) is 6.20 Å². The normalized spacial score (nSPS) is 10.5. The number of anilines is 1. The van der Waals surface area contributed by atoms with Gasteiger partial charge >= 0.3 is 0 Å². The van der Waals surface area contributed by atoms with Gasteiger partial charge in [0.15, 0.2) is 0 Å². The van der Waals surface area contributed by atoms with E-state index in [0.29, 0.717) is 0 Å². The Labute approximate surface area is 102 Å². The van der Waals surface area contributed by atoms with Crippen LogP contribution in [0.15, 0.2) is 30.7 Å². The van der Waals surface area contributed by atoms with Crippen LogP contribution in [0.25, 0.3) is 0 Å². The van der Waals surface area contributed by atoms with E-state index in [1.807, 2.05) is 19.2 Å². The smallest absolute Gasteiger partial charge is 0.203 e. The highest BCUT2D eigenvalue weighted by Crippen LogP contribution is 2.11. The molecule has 2 rings (SSSR count). The highest BCUT2D eigenvalue weighted by Gasteiger charge is 2.05. The lowest BCUT2D eigenvalue weighted by atomic mass is 10.3. The van der Waals surface area contributed by atoms with Gasteiger partial charge in [-0.3, -0.25) is 4.98 Å². The molecule has 0 aromatic carbocycles. The van der Waals surface area contributed by atoms with Crippen molar-refractivity contribution in [2.45, 2.75) is 26.8 Å². The molecule has 90 valence electrons. The Morgan fingerprint density at radius 3 is 3.00 bits per heavy atom. The minimum Gasteiger partial charge on any atom is -0.356 e. The average molecular weight is 230 g/mol. The van der Waals surface area contributed by atoms with Crippen molar-refractivity contribution in [2.24, 2.45) is 0 Å². The molecule has 0 aliphatic heterocycles. The van der Waals surface area contributed by atoms with E-state index in [-0.39, 0.29) is 0 Å². The molecule has 0 unspecified atom stereocenters. The maximum Gasteiger partial charge on any atom is 0.203 e. The minimum atomic E-state index is 0.806. The van der Waals surface area contributed by atoms with Crippen LogP contribution in [0.3, 0.4) is 0 Å². The van der Waals surface area contributed by atoms with E-state index in [0.717, 1.165) is 31.2 Å². The van der Waals surface area contributed by atoms with Gasteiger partial charge in [-0.15, -0.1) is 0 Å². The molecule has 1 N–H and O–H groups in total. The molecule has 4 heteroatoms. The van der Waals surface area contributed by atoms with Crippen LogP contribution < -0.4 is 5.32 Å². The highest BCUT2D eigenvalue weighted by molar-refractivity contribution is 5.30. The van der Waals surface area contributed by atoms with Crippen molar-refractivity contribution >= 4 is 5.95 Å². The van der Waals surface area contributed by atoms with E-state index < -0.39 is 0 Å². The van der Waals surface area contributed by atoms with Crippen molar-refractivity contribution < 1.29 is 0 Å². The van der Waals surface area contributed by atoms with Crippen LogP contribution >= 0.6 is 0 Å². The van der Waals surface area contributed by atoms with Crippen molar-refractivity contribution in [1.82, 2.24) is 14.5 Å². The summed E-state index contributed by atoms with van der Waals surface area (Å²) in [6.07, 6.45) is 6.83. The lowest BCUT2D eigenvalue weighted by Crippen LogP contribution is -2.08. The Balaban J connectivity index is 2.14. The molecule has 0 atom stereocenters. The summed E-state index contributed by atoms with van der Waals surface area (Å²) in [7, 11) is 0. The number of pyridine rings is 1. The molecule has 4 nitrogen and oxygen atoms in total. The van der Waals surface area contributed by atoms with Gasteiger partial charge in [0.2, 0.25) is 5.95 Å². The molecule has 17 heavy (non-hydrogen) atoms. The molecule has 0 amide bonds. The van der Waals surface area contributed by atoms with Crippen molar-refractivity contribution in [3.8, 4) is 0 Å². The van der Waals surface area contributed by atoms with E-state index in [9.17, 15) is 0 Å². The molecule has 2 aromatic rings. The van der Waals surface area contributed by atoms with Crippen molar-refractivity contribution in [1.29, 1.82) is 0 Å². The predicted molar refractivity (Wildman–Crippen MR) is 69.1 cm³/mol. The van der Waals surface area contributed by atoms with Crippen molar-refractivity contribution in [3.05, 3.63) is 42.0 Å². The van der Waals surface area contributed by atoms with Crippen LogP contribution in [0, 0.1) is 6.92 Å². The molecule has 0 spiro atoms. The van der Waals surface area contributed by atoms with Gasteiger partial charge in [0.05, 0.1) is 12.2 Å². The maximum atomic E-state index is 4.48. The first-order valence-corrected chi connectivity index (χ1v) is 5.96. The Morgan fingerprint density at radius 1 is 1.41 bits per heavy atom. The second kappa shape index (κ2) is 5.48. The fraction of sp³-hybridized carbons (Fsp3) is 0.385. The third-order valence-electron chi connectivity index (χ3n) is 2.51. The van der Waals surface area contributed by atoms with Gasteiger partial charge in [-0.1, -0.05) is 13.0 Å². The molecule has 0 aliphatic carbocycles. The van der Waals surface area contributed by atoms with Gasteiger partial charge < -0.3 is 9.88 Å². The van der Waals surface area contributed by atoms with Crippen LogP contribution in [0.4, 0.5) is 5.95 Å². The summed E-state index contributed by atoms with van der Waals surface area (Å²) in [4.78, 5) is 8.60. The third-order valence-corrected chi connectivity index (χ3v) is 2.51. The summed E-state index contributed by atoms with van der Waals surface area (Å²) >= 11 is 0. The zero-order valence-electron chi connectivity index (χ0n) is 10.3. The van der Waals surface area contributed by atoms with Crippen LogP contribution in [-0.4, -0.2) is 21.1 Å². The summed E-state index contributed by atoms with van der Waals surface area (Å²) < 4.78 is 2.13. The second-order valence-corrected chi connectivity index (χ2v) is 4.12. The van der Waals surface area contributed by atoms with Crippen LogP contribution in [0.2, 0.25) is 0 Å². The summed E-state index contributed by atoms with van der Waals surface area (Å²) in [5.41, 5.74) is 2.22. The number of hydrogen-bond acceptors (Lipinski definition) is 3. The Bertz CT molecular complexity index is 462. The van der Waals surface area contributed by atoms with Crippen LogP contribution in [-0.2, 0) is 6.54 Å². The van der Waals surface area contributed by atoms with Gasteiger partial charge in [-0.05, 0) is 25.0 Å². The number of aryl methyl sites for hydroxylation is 1. The molecular weight excluding hydrogens is 212 g/mol. The summed E-state index contributed by atoms with van der Waals surface area (Å²) in [5.74, 6) is 0.938. The zero-order chi connectivity index (χ0) is 12.1. The molecule has 0 radical (unpaired) electrons. The first-order valence-electron chi connectivity index (χ1n) is 5.96. The number of aromatic nitrogens is 3. The largest absolute Gasteiger partial charge is 0.356 e. The quantitative estimate of drug-likeness (QED) is 0.858. The molecule has 0 saturated carbocycles. The zero-order valence-corrected chi connectivity index (χ0v) is 10.3. The lowest BCUT2D eigenvalue weighted by Gasteiger charge is -2.08. The topological polar surface area (TPSA) is 42.7 Å². The van der Waals surface area contributed by atoms with E-state index in [4.69, 9.17) is 0 Å². The van der Waals surface area contributed by atoms with Gasteiger partial charge in [0.25, 0.3) is 0 Å². The third kappa shape index (κ3) is 3.06. The van der Waals surface area contributed by atoms with Crippen molar-refractivity contribution in [2.75, 3.05) is 11.9 Å². The lowest BCUT2D eigenvalue weighted by molar-refractivity contribution is 0.789. The molecule has 0 fully saturated rings. The summed E-state index contributed by atoms with van der Waals surface area (Å²) in [6.45, 7) is 5.91. The predicted octanol–water partition coefficient (Wildman–Crippen LogP) is 2.46. The molecular formula is C13H18N4. The van der Waals surface area contributed by atoms with Gasteiger partial charge in [0, 0.05) is 25.1 Å². The second-order valence-electron chi connectivity index (χ2n) is 4.12. The molecule has 2 heterocycles. The standard InChI is InChI=1S/C13H18N4/c1-3-6-15-13-16-11(2)9-17(13)10-12-5-4-7-14-8-12/h4-5,7-9H,3,6,10H2,1-2H3,(H,15,16). The number of rotatable bonds is 5. The van der Waals surface area contributed by atoms with E-state index in [2.05, 4.69) is 39.0 Å². The monoisotopic (exact) mass is 230 g/mol.